The molecule has 6 atom stereocenters. The SMILES string of the molecule is CC(=O)O[C@H]1NC(=O)[C@@H]1[C@@H](C)O[Si](C)(C)C(C)(C)C.C[C@@H](O[Si](C)(C)C(C)(C)C)[C@H]1C(=O)N[C@@H]1CC(=O)c1cccc(CNC(=O)OC(C)(C)C)c1. The third kappa shape index (κ3) is 12.5. The number of nitrogens with one attached hydrogen (secondary N) is 3. The molecule has 1 aromatic rings. The van der Waals surface area contributed by atoms with E-state index in [0.29, 0.717) is 5.56 Å². The van der Waals surface area contributed by atoms with Gasteiger partial charge in [-0.3, -0.25) is 19.2 Å². The standard InChI is InChI=1S/C25H40N2O5Si.C13H25NO4Si/c1-16(32-33(8,9)25(5,6)7)21-19(27-22(21)29)14-20(28)18-12-10-11-17(13-18)15-26-23(30)31-24(2,3)4;1-8(18-19(6,7)13(3,4)5)10-11(16)14-12(10)17-9(2)15/h10-13,16,19,21H,14-15H2,1-9H3,(H,26,30)(H,27,29);8,10,12H,1-7H3,(H,14,16)/t16-,19-,21-;8-,10+,12-/m11/s1. The summed E-state index contributed by atoms with van der Waals surface area (Å²) in [4.78, 5) is 59.7. The van der Waals surface area contributed by atoms with Crippen LogP contribution in [0.5, 0.6) is 0 Å². The number of benzene rings is 1. The minimum absolute atomic E-state index is 0.0422. The number of Topliss-reactive ketones (excluding diaryl/α,β-unsaturated/α-hetero) is 1. The van der Waals surface area contributed by atoms with Crippen LogP contribution in [0.4, 0.5) is 4.79 Å². The van der Waals surface area contributed by atoms with Crippen molar-refractivity contribution in [3.63, 3.8) is 0 Å². The first-order valence-electron chi connectivity index (χ1n) is 18.2. The van der Waals surface area contributed by atoms with Gasteiger partial charge in [-0.05, 0) is 82.5 Å². The largest absolute Gasteiger partial charge is 0.444 e. The summed E-state index contributed by atoms with van der Waals surface area (Å²) in [7, 11) is -3.96. The Labute approximate surface area is 313 Å². The number of hydrogen-bond donors (Lipinski definition) is 3. The van der Waals surface area contributed by atoms with E-state index < -0.39 is 46.4 Å². The summed E-state index contributed by atoms with van der Waals surface area (Å²) in [6, 6.07) is 6.92. The van der Waals surface area contributed by atoms with Crippen LogP contribution in [0, 0.1) is 11.8 Å². The monoisotopic (exact) mass is 763 g/mol. The van der Waals surface area contributed by atoms with E-state index in [4.69, 9.17) is 18.3 Å². The Bertz CT molecular complexity index is 1460. The van der Waals surface area contributed by atoms with Crippen molar-refractivity contribution in [2.75, 3.05) is 0 Å². The third-order valence-electron chi connectivity index (χ3n) is 10.3. The Morgan fingerprint density at radius 2 is 1.31 bits per heavy atom. The number of hydrogen-bond acceptors (Lipinski definition) is 9. The fourth-order valence-electron chi connectivity index (χ4n) is 5.37. The van der Waals surface area contributed by atoms with Gasteiger partial charge in [0.2, 0.25) is 11.8 Å². The molecule has 14 heteroatoms. The van der Waals surface area contributed by atoms with Gasteiger partial charge < -0.3 is 34.3 Å². The highest BCUT2D eigenvalue weighted by atomic mass is 28.4. The number of esters is 1. The summed E-state index contributed by atoms with van der Waals surface area (Å²) in [6.45, 7) is 32.4. The minimum Gasteiger partial charge on any atom is -0.444 e. The number of carbonyl (C=O) groups is 5. The van der Waals surface area contributed by atoms with Gasteiger partial charge in [0.15, 0.2) is 28.6 Å². The molecular weight excluding hydrogens is 699 g/mol. The molecule has 3 amide bonds. The van der Waals surface area contributed by atoms with Crippen LogP contribution in [0.3, 0.4) is 0 Å². The second-order valence-corrected chi connectivity index (χ2v) is 27.6. The molecular formula is C38H65N3O9Si2. The number of β-lactam (4-membered cyclic amide) rings is 2. The van der Waals surface area contributed by atoms with Crippen molar-refractivity contribution in [1.29, 1.82) is 0 Å². The maximum absolute atomic E-state index is 12.9. The van der Waals surface area contributed by atoms with E-state index in [1.807, 2.05) is 19.9 Å². The van der Waals surface area contributed by atoms with Crippen molar-refractivity contribution in [2.24, 2.45) is 11.8 Å². The van der Waals surface area contributed by atoms with Gasteiger partial charge in [-0.1, -0.05) is 59.7 Å². The third-order valence-corrected chi connectivity index (χ3v) is 19.5. The average molecular weight is 764 g/mol. The zero-order valence-corrected chi connectivity index (χ0v) is 36.4. The molecule has 3 N–H and O–H groups in total. The fraction of sp³-hybridized carbons (Fsp3) is 0.711. The lowest BCUT2D eigenvalue weighted by Crippen LogP contribution is -2.65. The van der Waals surface area contributed by atoms with Crippen molar-refractivity contribution < 1.29 is 42.3 Å². The Morgan fingerprint density at radius 1 is 0.808 bits per heavy atom. The van der Waals surface area contributed by atoms with Crippen LogP contribution < -0.4 is 16.0 Å². The lowest BCUT2D eigenvalue weighted by atomic mass is 9.82. The normalized spacial score (nSPS) is 21.8. The quantitative estimate of drug-likeness (QED) is 0.0897. The van der Waals surface area contributed by atoms with Gasteiger partial charge in [0.25, 0.3) is 0 Å². The van der Waals surface area contributed by atoms with Crippen LogP contribution >= 0.6 is 0 Å². The Kier molecular flexibility index (Phi) is 14.7. The molecule has 0 unspecified atom stereocenters. The first-order chi connectivity index (χ1) is 23.5. The molecule has 52 heavy (non-hydrogen) atoms. The van der Waals surface area contributed by atoms with Crippen molar-refractivity contribution >= 4 is 46.3 Å². The van der Waals surface area contributed by atoms with E-state index in [2.05, 4.69) is 83.7 Å². The predicted octanol–water partition coefficient (Wildman–Crippen LogP) is 6.84. The second-order valence-electron chi connectivity index (χ2n) is 18.1. The number of carbonyl (C=O) groups excluding carboxylic acids is 5. The molecule has 3 rings (SSSR count). The minimum atomic E-state index is -2.03. The van der Waals surface area contributed by atoms with Crippen LogP contribution in [0.25, 0.3) is 0 Å². The molecule has 2 aliphatic rings. The second kappa shape index (κ2) is 16.9. The summed E-state index contributed by atoms with van der Waals surface area (Å²) in [6.07, 6.45) is -1.34. The number of amides is 3. The first kappa shape index (κ1) is 45.1. The molecule has 2 heterocycles. The molecule has 0 radical (unpaired) electrons. The summed E-state index contributed by atoms with van der Waals surface area (Å²) in [5.41, 5.74) is 0.781. The van der Waals surface area contributed by atoms with E-state index >= 15 is 0 Å². The number of ether oxygens (including phenoxy) is 2. The Hall–Kier alpha value is -3.08. The van der Waals surface area contributed by atoms with Gasteiger partial charge in [-0.25, -0.2) is 4.79 Å². The smallest absolute Gasteiger partial charge is 0.407 e. The van der Waals surface area contributed by atoms with E-state index in [1.165, 1.54) is 6.92 Å². The predicted molar refractivity (Wildman–Crippen MR) is 207 cm³/mol. The zero-order valence-electron chi connectivity index (χ0n) is 34.4. The van der Waals surface area contributed by atoms with Gasteiger partial charge in [0.05, 0.1) is 24.2 Å². The van der Waals surface area contributed by atoms with Crippen LogP contribution in [0.2, 0.25) is 36.3 Å². The molecule has 1 aromatic carbocycles. The maximum Gasteiger partial charge on any atom is 0.407 e. The molecule has 0 saturated carbocycles. The molecule has 12 nitrogen and oxygen atoms in total. The Morgan fingerprint density at radius 3 is 1.75 bits per heavy atom. The van der Waals surface area contributed by atoms with Crippen LogP contribution in [0.1, 0.15) is 105 Å². The number of rotatable bonds is 12. The fourth-order valence-corrected chi connectivity index (χ4v) is 8.23. The summed E-state index contributed by atoms with van der Waals surface area (Å²) >= 11 is 0. The lowest BCUT2D eigenvalue weighted by molar-refractivity contribution is -0.173. The lowest BCUT2D eigenvalue weighted by Gasteiger charge is -2.45. The van der Waals surface area contributed by atoms with Crippen molar-refractivity contribution in [1.82, 2.24) is 16.0 Å². The van der Waals surface area contributed by atoms with Crippen molar-refractivity contribution in [3.05, 3.63) is 35.4 Å². The molecule has 0 spiro atoms. The zero-order chi connectivity index (χ0) is 40.2. The highest BCUT2D eigenvalue weighted by Gasteiger charge is 2.50. The first-order valence-corrected chi connectivity index (χ1v) is 24.0. The summed E-state index contributed by atoms with van der Waals surface area (Å²) < 4.78 is 22.9. The van der Waals surface area contributed by atoms with Crippen LogP contribution in [-0.2, 0) is 39.3 Å². The van der Waals surface area contributed by atoms with Crippen LogP contribution in [-0.4, -0.2) is 76.4 Å². The molecule has 294 valence electrons. The maximum atomic E-state index is 12.9. The number of alkyl carbamates (subject to hydrolysis) is 1. The van der Waals surface area contributed by atoms with Gasteiger partial charge in [0.1, 0.15) is 11.5 Å². The molecule has 2 fully saturated rings. The molecule has 0 bridgehead atoms. The Balaban J connectivity index is 0.000000418. The summed E-state index contributed by atoms with van der Waals surface area (Å²) in [5, 5.41) is 8.29. The van der Waals surface area contributed by atoms with Gasteiger partial charge >= 0.3 is 12.1 Å². The van der Waals surface area contributed by atoms with E-state index in [-0.39, 0.29) is 64.8 Å². The van der Waals surface area contributed by atoms with E-state index in [0.717, 1.165) is 5.56 Å². The van der Waals surface area contributed by atoms with Gasteiger partial charge in [-0.2, -0.15) is 0 Å². The molecule has 2 aliphatic heterocycles. The van der Waals surface area contributed by atoms with E-state index in [9.17, 15) is 24.0 Å². The van der Waals surface area contributed by atoms with Gasteiger partial charge in [0, 0.05) is 25.5 Å². The highest BCUT2D eigenvalue weighted by molar-refractivity contribution is 6.74. The summed E-state index contributed by atoms with van der Waals surface area (Å²) in [5.74, 6) is -1.36. The number of ketones is 1. The molecule has 2 saturated heterocycles. The van der Waals surface area contributed by atoms with Crippen molar-refractivity contribution in [2.45, 2.75) is 162 Å². The molecule has 0 aromatic heterocycles. The highest BCUT2D eigenvalue weighted by Crippen LogP contribution is 2.40. The topological polar surface area (TPSA) is 158 Å². The van der Waals surface area contributed by atoms with Crippen LogP contribution in [0.15, 0.2) is 24.3 Å². The van der Waals surface area contributed by atoms with E-state index in [1.54, 1.807) is 39.0 Å². The van der Waals surface area contributed by atoms with Gasteiger partial charge in [-0.15, -0.1) is 0 Å². The molecule has 0 aliphatic carbocycles. The van der Waals surface area contributed by atoms with Crippen molar-refractivity contribution in [3.8, 4) is 0 Å². The average Bonchev–Trinajstić information content (AvgIpc) is 2.92.